The number of ether oxygens (including phenoxy) is 3. The Morgan fingerprint density at radius 3 is 2.33 bits per heavy atom. The van der Waals surface area contributed by atoms with Crippen molar-refractivity contribution in [3.8, 4) is 34.3 Å². The molecule has 11 nitrogen and oxygen atoms in total. The standard InChI is InChI=1S/C22H22O11/c1-30-21-14(32-22-20(29)19(28)17(26)15(8-23)33-22)7-13-16(18(21)27)11(25)6-12(31-13)9-2-4-10(24)5-3-9/h2-7,15,17,19-20,22-24,26-29H,8H2,1H3/t15-,17+,19-,20-,22-/m1/s1. The second-order valence-electron chi connectivity index (χ2n) is 7.47. The molecule has 1 fully saturated rings. The van der Waals surface area contributed by atoms with Crippen LogP contribution in [-0.2, 0) is 4.74 Å². The van der Waals surface area contributed by atoms with Gasteiger partial charge in [-0.25, -0.2) is 0 Å². The highest BCUT2D eigenvalue weighted by Crippen LogP contribution is 2.43. The molecular formula is C22H22O11. The van der Waals surface area contributed by atoms with Crippen LogP contribution in [0.4, 0.5) is 0 Å². The van der Waals surface area contributed by atoms with Gasteiger partial charge in [-0.1, -0.05) is 0 Å². The van der Waals surface area contributed by atoms with Crippen LogP contribution >= 0.6 is 0 Å². The zero-order chi connectivity index (χ0) is 23.9. The maximum atomic E-state index is 12.7. The summed E-state index contributed by atoms with van der Waals surface area (Å²) < 4.78 is 21.9. The minimum Gasteiger partial charge on any atom is -0.508 e. The number of aliphatic hydroxyl groups is 4. The van der Waals surface area contributed by atoms with Gasteiger partial charge in [-0.05, 0) is 24.3 Å². The van der Waals surface area contributed by atoms with E-state index in [0.29, 0.717) is 5.56 Å². The van der Waals surface area contributed by atoms with Crippen LogP contribution in [0.15, 0.2) is 45.6 Å². The SMILES string of the molecule is COc1c(O[C@@H]2O[C@H](CO)[C@H](O)[C@@H](O)[C@H]2O)cc2oc(-c3ccc(O)cc3)cc(=O)c2c1O. The van der Waals surface area contributed by atoms with Crippen molar-refractivity contribution in [2.24, 2.45) is 0 Å². The smallest absolute Gasteiger partial charge is 0.229 e. The van der Waals surface area contributed by atoms with Crippen LogP contribution in [0, 0.1) is 0 Å². The van der Waals surface area contributed by atoms with E-state index in [2.05, 4.69) is 0 Å². The Bertz CT molecular complexity index is 1200. The van der Waals surface area contributed by atoms with Crippen LogP contribution in [0.25, 0.3) is 22.3 Å². The molecule has 0 spiro atoms. The van der Waals surface area contributed by atoms with Crippen molar-refractivity contribution < 1.29 is 49.3 Å². The van der Waals surface area contributed by atoms with Gasteiger partial charge in [0.25, 0.3) is 0 Å². The molecule has 1 aliphatic heterocycles. The number of aliphatic hydroxyl groups excluding tert-OH is 4. The molecular weight excluding hydrogens is 440 g/mol. The first-order valence-electron chi connectivity index (χ1n) is 9.89. The predicted octanol–water partition coefficient (Wildman–Crippen LogP) is 0.0585. The number of phenolic OH excluding ortho intramolecular Hbond substituents is 2. The van der Waals surface area contributed by atoms with Gasteiger partial charge in [0.2, 0.25) is 12.0 Å². The lowest BCUT2D eigenvalue weighted by Gasteiger charge is -2.39. The van der Waals surface area contributed by atoms with Crippen molar-refractivity contribution >= 4 is 11.0 Å². The Labute approximate surface area is 186 Å². The summed E-state index contributed by atoms with van der Waals surface area (Å²) in [5.41, 5.74) is -0.170. The number of aromatic hydroxyl groups is 2. The molecule has 0 bridgehead atoms. The van der Waals surface area contributed by atoms with E-state index in [9.17, 15) is 35.4 Å². The summed E-state index contributed by atoms with van der Waals surface area (Å²) in [5.74, 6) is -0.863. The zero-order valence-electron chi connectivity index (χ0n) is 17.3. The Morgan fingerprint density at radius 1 is 1.00 bits per heavy atom. The van der Waals surface area contributed by atoms with Crippen LogP contribution in [0.1, 0.15) is 0 Å². The van der Waals surface area contributed by atoms with Crippen molar-refractivity contribution in [2.75, 3.05) is 13.7 Å². The third-order valence-electron chi connectivity index (χ3n) is 5.36. The molecule has 6 N–H and O–H groups in total. The van der Waals surface area contributed by atoms with Gasteiger partial charge < -0.3 is 49.3 Å². The van der Waals surface area contributed by atoms with Gasteiger partial charge in [0, 0.05) is 17.7 Å². The summed E-state index contributed by atoms with van der Waals surface area (Å²) >= 11 is 0. The summed E-state index contributed by atoms with van der Waals surface area (Å²) in [7, 11) is 1.22. The lowest BCUT2D eigenvalue weighted by molar-refractivity contribution is -0.277. The molecule has 33 heavy (non-hydrogen) atoms. The van der Waals surface area contributed by atoms with Crippen LogP contribution in [0.3, 0.4) is 0 Å². The Morgan fingerprint density at radius 2 is 1.70 bits per heavy atom. The number of rotatable bonds is 5. The lowest BCUT2D eigenvalue weighted by atomic mass is 9.99. The van der Waals surface area contributed by atoms with E-state index in [1.807, 2.05) is 0 Å². The second-order valence-corrected chi connectivity index (χ2v) is 7.47. The van der Waals surface area contributed by atoms with Crippen LogP contribution in [-0.4, -0.2) is 75.1 Å². The molecule has 2 aromatic carbocycles. The molecule has 11 heteroatoms. The molecule has 1 saturated heterocycles. The number of phenols is 2. The first kappa shape index (κ1) is 22.8. The van der Waals surface area contributed by atoms with E-state index in [-0.39, 0.29) is 34.0 Å². The van der Waals surface area contributed by atoms with Gasteiger partial charge in [0.05, 0.1) is 13.7 Å². The monoisotopic (exact) mass is 462 g/mol. The summed E-state index contributed by atoms with van der Waals surface area (Å²) in [5, 5.41) is 59.5. The van der Waals surface area contributed by atoms with Gasteiger partial charge >= 0.3 is 0 Å². The third-order valence-corrected chi connectivity index (χ3v) is 5.36. The fraction of sp³-hybridized carbons (Fsp3) is 0.318. The van der Waals surface area contributed by atoms with Gasteiger partial charge in [0.15, 0.2) is 16.9 Å². The Balaban J connectivity index is 1.79. The fourth-order valence-corrected chi connectivity index (χ4v) is 3.60. The molecule has 3 aromatic rings. The van der Waals surface area contributed by atoms with E-state index < -0.39 is 48.5 Å². The average molecular weight is 462 g/mol. The highest BCUT2D eigenvalue weighted by atomic mass is 16.7. The highest BCUT2D eigenvalue weighted by molar-refractivity contribution is 5.89. The highest BCUT2D eigenvalue weighted by Gasteiger charge is 2.45. The number of methoxy groups -OCH3 is 1. The zero-order valence-corrected chi connectivity index (χ0v) is 17.3. The molecule has 0 amide bonds. The topological polar surface area (TPSA) is 179 Å². The molecule has 0 saturated carbocycles. The molecule has 0 radical (unpaired) electrons. The average Bonchev–Trinajstić information content (AvgIpc) is 2.79. The lowest BCUT2D eigenvalue weighted by Crippen LogP contribution is -2.60. The van der Waals surface area contributed by atoms with Gasteiger partial charge in [-0.15, -0.1) is 0 Å². The number of hydrogen-bond acceptors (Lipinski definition) is 11. The Hall–Kier alpha value is -3.35. The van der Waals surface area contributed by atoms with Crippen molar-refractivity contribution in [1.82, 2.24) is 0 Å². The minimum absolute atomic E-state index is 0.0273. The van der Waals surface area contributed by atoms with E-state index in [0.717, 1.165) is 0 Å². The summed E-state index contributed by atoms with van der Waals surface area (Å²) in [4.78, 5) is 12.7. The van der Waals surface area contributed by atoms with E-state index in [1.54, 1.807) is 0 Å². The summed E-state index contributed by atoms with van der Waals surface area (Å²) in [6.45, 7) is -0.657. The van der Waals surface area contributed by atoms with Crippen LogP contribution in [0.2, 0.25) is 0 Å². The van der Waals surface area contributed by atoms with E-state index in [4.69, 9.17) is 18.6 Å². The fourth-order valence-electron chi connectivity index (χ4n) is 3.60. The summed E-state index contributed by atoms with van der Waals surface area (Å²) in [6, 6.07) is 8.31. The third kappa shape index (κ3) is 4.08. The largest absolute Gasteiger partial charge is 0.508 e. The molecule has 1 aromatic heterocycles. The van der Waals surface area contributed by atoms with Crippen LogP contribution in [0.5, 0.6) is 23.0 Å². The molecule has 0 unspecified atom stereocenters. The van der Waals surface area contributed by atoms with Crippen molar-refractivity contribution in [3.05, 3.63) is 46.6 Å². The normalized spacial score (nSPS) is 25.2. The maximum Gasteiger partial charge on any atom is 0.229 e. The van der Waals surface area contributed by atoms with Gasteiger partial charge in [0.1, 0.15) is 46.9 Å². The van der Waals surface area contributed by atoms with Gasteiger partial charge in [-0.3, -0.25) is 4.79 Å². The maximum absolute atomic E-state index is 12.7. The predicted molar refractivity (Wildman–Crippen MR) is 112 cm³/mol. The Kier molecular flexibility index (Phi) is 6.15. The minimum atomic E-state index is -1.71. The van der Waals surface area contributed by atoms with Crippen molar-refractivity contribution in [3.63, 3.8) is 0 Å². The van der Waals surface area contributed by atoms with Crippen molar-refractivity contribution in [1.29, 1.82) is 0 Å². The number of hydrogen-bond donors (Lipinski definition) is 6. The van der Waals surface area contributed by atoms with Crippen LogP contribution < -0.4 is 14.9 Å². The number of benzene rings is 2. The quantitative estimate of drug-likeness (QED) is 0.302. The first-order valence-corrected chi connectivity index (χ1v) is 9.89. The summed E-state index contributed by atoms with van der Waals surface area (Å²) in [6.07, 6.45) is -7.74. The van der Waals surface area contributed by atoms with E-state index in [1.165, 1.54) is 43.5 Å². The molecule has 1 aliphatic rings. The molecule has 0 aliphatic carbocycles. The van der Waals surface area contributed by atoms with E-state index >= 15 is 0 Å². The molecule has 5 atom stereocenters. The van der Waals surface area contributed by atoms with Gasteiger partial charge in [-0.2, -0.15) is 0 Å². The number of fused-ring (bicyclic) bond motifs is 1. The van der Waals surface area contributed by atoms with Crippen molar-refractivity contribution in [2.45, 2.75) is 30.7 Å². The second kappa shape index (κ2) is 8.89. The molecule has 2 heterocycles. The molecule has 176 valence electrons. The first-order chi connectivity index (χ1) is 15.7. The molecule has 4 rings (SSSR count).